The minimum Gasteiger partial charge on any atom is -0.508 e. The fraction of sp³-hybridized carbons (Fsp3) is 0.133. The molecule has 0 amide bonds. The van der Waals surface area contributed by atoms with Crippen molar-refractivity contribution >= 4 is 5.97 Å². The Kier molecular flexibility index (Phi) is 4.10. The number of phenols is 1. The van der Waals surface area contributed by atoms with Crippen molar-refractivity contribution in [3.05, 3.63) is 53.6 Å². The smallest absolute Gasteiger partial charge is 0.336 e. The zero-order valence-corrected chi connectivity index (χ0v) is 10.9. The molecule has 0 aliphatic rings. The Labute approximate surface area is 116 Å². The molecule has 0 aromatic heterocycles. The second kappa shape index (κ2) is 5.97. The third kappa shape index (κ3) is 3.00. The van der Waals surface area contributed by atoms with E-state index in [-0.39, 0.29) is 17.9 Å². The second-order valence-electron chi connectivity index (χ2n) is 4.09. The van der Waals surface area contributed by atoms with Gasteiger partial charge in [-0.2, -0.15) is 0 Å². The van der Waals surface area contributed by atoms with Crippen LogP contribution in [0.3, 0.4) is 0 Å². The molecule has 0 saturated carbocycles. The first-order valence-corrected chi connectivity index (χ1v) is 5.93. The Morgan fingerprint density at radius 3 is 2.50 bits per heavy atom. The van der Waals surface area contributed by atoms with Crippen LogP contribution in [0, 0.1) is 0 Å². The Morgan fingerprint density at radius 2 is 1.85 bits per heavy atom. The van der Waals surface area contributed by atoms with Gasteiger partial charge in [0, 0.05) is 5.56 Å². The Hall–Kier alpha value is -2.69. The van der Waals surface area contributed by atoms with E-state index >= 15 is 0 Å². The van der Waals surface area contributed by atoms with Crippen molar-refractivity contribution in [1.82, 2.24) is 0 Å². The number of rotatable bonds is 5. The van der Waals surface area contributed by atoms with E-state index in [1.165, 1.54) is 25.3 Å². The number of methoxy groups -OCH3 is 1. The third-order valence-electron chi connectivity index (χ3n) is 2.78. The number of carboxylic acid groups (broad SMARTS) is 1. The number of aromatic hydroxyl groups is 1. The lowest BCUT2D eigenvalue weighted by atomic mass is 10.1. The first-order chi connectivity index (χ1) is 9.61. The molecule has 0 aliphatic carbocycles. The standard InChI is InChI=1S/C15H14O5/c1-19-13-4-2-3-5-14(13)20-9-10-6-7-11(16)8-12(10)15(17)18/h2-8,16H,9H2,1H3,(H,17,18). The number of carboxylic acids is 1. The van der Waals surface area contributed by atoms with Crippen molar-refractivity contribution in [2.75, 3.05) is 7.11 Å². The number of phenolic OH excluding ortho intramolecular Hbond substituents is 1. The van der Waals surface area contributed by atoms with Crippen LogP contribution in [-0.2, 0) is 6.61 Å². The van der Waals surface area contributed by atoms with Gasteiger partial charge in [-0.25, -0.2) is 4.79 Å². The normalized spacial score (nSPS) is 10.1. The molecule has 2 aromatic rings. The molecule has 0 radical (unpaired) electrons. The number of benzene rings is 2. The molecule has 2 rings (SSSR count). The van der Waals surface area contributed by atoms with Gasteiger partial charge in [0.25, 0.3) is 0 Å². The topological polar surface area (TPSA) is 76.0 Å². The Bertz CT molecular complexity index is 621. The number of aromatic carboxylic acids is 1. The van der Waals surface area contributed by atoms with Crippen LogP contribution in [0.1, 0.15) is 15.9 Å². The van der Waals surface area contributed by atoms with Gasteiger partial charge < -0.3 is 19.7 Å². The van der Waals surface area contributed by atoms with Crippen molar-refractivity contribution in [1.29, 1.82) is 0 Å². The van der Waals surface area contributed by atoms with E-state index in [0.29, 0.717) is 17.1 Å². The Morgan fingerprint density at radius 1 is 1.15 bits per heavy atom. The fourth-order valence-corrected chi connectivity index (χ4v) is 1.78. The van der Waals surface area contributed by atoms with Crippen molar-refractivity contribution < 1.29 is 24.5 Å². The van der Waals surface area contributed by atoms with Crippen LogP contribution < -0.4 is 9.47 Å². The molecule has 5 nitrogen and oxygen atoms in total. The maximum Gasteiger partial charge on any atom is 0.336 e. The molecule has 0 fully saturated rings. The minimum absolute atomic E-state index is 0.0138. The van der Waals surface area contributed by atoms with Gasteiger partial charge >= 0.3 is 5.97 Å². The number of hydrogen-bond donors (Lipinski definition) is 2. The summed E-state index contributed by atoms with van der Waals surface area (Å²) in [6.45, 7) is 0.0717. The summed E-state index contributed by atoms with van der Waals surface area (Å²) in [6, 6.07) is 11.2. The molecule has 5 heteroatoms. The maximum absolute atomic E-state index is 11.1. The second-order valence-corrected chi connectivity index (χ2v) is 4.09. The summed E-state index contributed by atoms with van der Waals surface area (Å²) in [6.07, 6.45) is 0. The van der Waals surface area contributed by atoms with Crippen molar-refractivity contribution in [3.8, 4) is 17.2 Å². The zero-order chi connectivity index (χ0) is 14.5. The summed E-state index contributed by atoms with van der Waals surface area (Å²) in [7, 11) is 1.53. The summed E-state index contributed by atoms with van der Waals surface area (Å²) in [5.74, 6) is -0.106. The van der Waals surface area contributed by atoms with E-state index in [4.69, 9.17) is 14.6 Å². The van der Waals surface area contributed by atoms with E-state index < -0.39 is 5.97 Å². The van der Waals surface area contributed by atoms with Gasteiger partial charge in [0.05, 0.1) is 12.7 Å². The first-order valence-electron chi connectivity index (χ1n) is 5.93. The van der Waals surface area contributed by atoms with Gasteiger partial charge in [0.15, 0.2) is 11.5 Å². The highest BCUT2D eigenvalue weighted by atomic mass is 16.5. The largest absolute Gasteiger partial charge is 0.508 e. The molecule has 0 heterocycles. The zero-order valence-electron chi connectivity index (χ0n) is 10.9. The molecule has 0 atom stereocenters. The monoisotopic (exact) mass is 274 g/mol. The molecule has 2 N–H and O–H groups in total. The predicted octanol–water partition coefficient (Wildman–Crippen LogP) is 2.68. The quantitative estimate of drug-likeness (QED) is 0.876. The highest BCUT2D eigenvalue weighted by Gasteiger charge is 2.12. The van der Waals surface area contributed by atoms with Crippen LogP contribution in [-0.4, -0.2) is 23.3 Å². The summed E-state index contributed by atoms with van der Waals surface area (Å²) >= 11 is 0. The van der Waals surface area contributed by atoms with Crippen LogP contribution in [0.15, 0.2) is 42.5 Å². The van der Waals surface area contributed by atoms with Crippen LogP contribution >= 0.6 is 0 Å². The minimum atomic E-state index is -1.11. The number of ether oxygens (including phenoxy) is 2. The predicted molar refractivity (Wildman–Crippen MR) is 72.4 cm³/mol. The summed E-state index contributed by atoms with van der Waals surface area (Å²) in [4.78, 5) is 11.1. The van der Waals surface area contributed by atoms with Crippen molar-refractivity contribution in [2.24, 2.45) is 0 Å². The lowest BCUT2D eigenvalue weighted by molar-refractivity contribution is 0.0693. The van der Waals surface area contributed by atoms with Gasteiger partial charge in [0.1, 0.15) is 12.4 Å². The van der Waals surface area contributed by atoms with Gasteiger partial charge in [-0.1, -0.05) is 18.2 Å². The number of para-hydroxylation sites is 2. The molecular weight excluding hydrogens is 260 g/mol. The molecule has 2 aromatic carbocycles. The van der Waals surface area contributed by atoms with E-state index in [1.54, 1.807) is 18.2 Å². The number of carbonyl (C=O) groups is 1. The molecule has 0 unspecified atom stereocenters. The van der Waals surface area contributed by atoms with Crippen LogP contribution in [0.5, 0.6) is 17.2 Å². The van der Waals surface area contributed by atoms with E-state index in [2.05, 4.69) is 0 Å². The lowest BCUT2D eigenvalue weighted by Gasteiger charge is -2.11. The van der Waals surface area contributed by atoms with Crippen LogP contribution in [0.4, 0.5) is 0 Å². The molecule has 0 bridgehead atoms. The molecular formula is C15H14O5. The molecule has 20 heavy (non-hydrogen) atoms. The SMILES string of the molecule is COc1ccccc1OCc1ccc(O)cc1C(=O)O. The van der Waals surface area contributed by atoms with Gasteiger partial charge in [0.2, 0.25) is 0 Å². The first kappa shape index (κ1) is 13.7. The summed E-state index contributed by atoms with van der Waals surface area (Å²) in [5, 5.41) is 18.4. The summed E-state index contributed by atoms with van der Waals surface area (Å²) in [5.41, 5.74) is 0.487. The highest BCUT2D eigenvalue weighted by molar-refractivity contribution is 5.89. The molecule has 0 aliphatic heterocycles. The average molecular weight is 274 g/mol. The fourth-order valence-electron chi connectivity index (χ4n) is 1.78. The van der Waals surface area contributed by atoms with Crippen LogP contribution in [0.25, 0.3) is 0 Å². The molecule has 0 spiro atoms. The number of hydrogen-bond acceptors (Lipinski definition) is 4. The lowest BCUT2D eigenvalue weighted by Crippen LogP contribution is -2.06. The van der Waals surface area contributed by atoms with E-state index in [9.17, 15) is 9.90 Å². The van der Waals surface area contributed by atoms with Crippen molar-refractivity contribution in [3.63, 3.8) is 0 Å². The van der Waals surface area contributed by atoms with E-state index in [1.807, 2.05) is 6.07 Å². The van der Waals surface area contributed by atoms with Gasteiger partial charge in [-0.15, -0.1) is 0 Å². The average Bonchev–Trinajstić information content (AvgIpc) is 2.46. The van der Waals surface area contributed by atoms with Crippen molar-refractivity contribution in [2.45, 2.75) is 6.61 Å². The van der Waals surface area contributed by atoms with Crippen LogP contribution in [0.2, 0.25) is 0 Å². The molecule has 104 valence electrons. The van der Waals surface area contributed by atoms with Gasteiger partial charge in [-0.05, 0) is 24.3 Å². The van der Waals surface area contributed by atoms with Gasteiger partial charge in [-0.3, -0.25) is 0 Å². The third-order valence-corrected chi connectivity index (χ3v) is 2.78. The maximum atomic E-state index is 11.1. The highest BCUT2D eigenvalue weighted by Crippen LogP contribution is 2.27. The van der Waals surface area contributed by atoms with E-state index in [0.717, 1.165) is 0 Å². The molecule has 0 saturated heterocycles. The summed E-state index contributed by atoms with van der Waals surface area (Å²) < 4.78 is 10.7. The Balaban J connectivity index is 2.21.